The standard InChI is InChI=1S/C17H19N7O.2ClH/c18-16(19)23-13-7-5-12(6-8-13)22-15(25)11-1-3-14(4-2-11)24-17-20-9-10-21-17;;/h1-8H,9-10H2,(H,22,25)(H4,18,19,23)(H2,20,21,24);2*1H. The number of carbonyl (C=O) groups excluding carboxylic acids is 1. The van der Waals surface area contributed by atoms with Crippen molar-refractivity contribution in [2.45, 2.75) is 0 Å². The molecule has 0 bridgehead atoms. The van der Waals surface area contributed by atoms with Crippen LogP contribution in [0.3, 0.4) is 0 Å². The Labute approximate surface area is 169 Å². The predicted molar refractivity (Wildman–Crippen MR) is 115 cm³/mol. The van der Waals surface area contributed by atoms with E-state index in [4.69, 9.17) is 11.5 Å². The Morgan fingerprint density at radius 3 is 2.19 bits per heavy atom. The van der Waals surface area contributed by atoms with Crippen LogP contribution in [0.5, 0.6) is 0 Å². The van der Waals surface area contributed by atoms with Gasteiger partial charge in [0, 0.05) is 23.5 Å². The Bertz CT molecular complexity index is 816. The Balaban J connectivity index is 0.00000182. The van der Waals surface area contributed by atoms with Crippen LogP contribution in [0.15, 0.2) is 58.5 Å². The second-order valence-electron chi connectivity index (χ2n) is 5.40. The van der Waals surface area contributed by atoms with Gasteiger partial charge >= 0.3 is 0 Å². The summed E-state index contributed by atoms with van der Waals surface area (Å²) in [6, 6.07) is 14.1. The summed E-state index contributed by atoms with van der Waals surface area (Å²) in [5.74, 6) is 0.541. The summed E-state index contributed by atoms with van der Waals surface area (Å²) in [4.78, 5) is 20.5. The number of hydrogen-bond acceptors (Lipinski definition) is 5. The summed E-state index contributed by atoms with van der Waals surface area (Å²) in [5.41, 5.74) is 13.4. The number of benzene rings is 2. The summed E-state index contributed by atoms with van der Waals surface area (Å²) in [6.45, 7) is 1.61. The highest BCUT2D eigenvalue weighted by molar-refractivity contribution is 6.04. The summed E-state index contributed by atoms with van der Waals surface area (Å²) < 4.78 is 0. The van der Waals surface area contributed by atoms with E-state index in [-0.39, 0.29) is 36.7 Å². The minimum Gasteiger partial charge on any atom is -0.370 e. The SMILES string of the molecule is Cl.Cl.NC(N)=Nc1ccc(NC(=O)c2ccc(NC3=NCCN3)cc2)cc1. The van der Waals surface area contributed by atoms with Crippen molar-refractivity contribution in [1.29, 1.82) is 0 Å². The Kier molecular flexibility index (Phi) is 8.37. The molecule has 8 nitrogen and oxygen atoms in total. The summed E-state index contributed by atoms with van der Waals surface area (Å²) in [6.07, 6.45) is 0. The number of hydrogen-bond donors (Lipinski definition) is 5. The Morgan fingerprint density at radius 1 is 1.00 bits per heavy atom. The molecule has 27 heavy (non-hydrogen) atoms. The molecule has 10 heteroatoms. The van der Waals surface area contributed by atoms with Gasteiger partial charge in [0.15, 0.2) is 11.9 Å². The topological polar surface area (TPSA) is 130 Å². The molecule has 0 unspecified atom stereocenters. The normalized spacial score (nSPS) is 11.8. The van der Waals surface area contributed by atoms with Crippen molar-refractivity contribution in [3.05, 3.63) is 54.1 Å². The van der Waals surface area contributed by atoms with Gasteiger partial charge < -0.3 is 27.4 Å². The van der Waals surface area contributed by atoms with Crippen molar-refractivity contribution in [3.63, 3.8) is 0 Å². The molecule has 1 heterocycles. The summed E-state index contributed by atoms with van der Waals surface area (Å²) in [7, 11) is 0. The third-order valence-corrected chi connectivity index (χ3v) is 3.47. The first-order valence-electron chi connectivity index (χ1n) is 7.76. The molecule has 7 N–H and O–H groups in total. The van der Waals surface area contributed by atoms with Crippen LogP contribution in [-0.4, -0.2) is 30.9 Å². The van der Waals surface area contributed by atoms with Gasteiger partial charge in [-0.2, -0.15) is 0 Å². The van der Waals surface area contributed by atoms with Gasteiger partial charge in [-0.1, -0.05) is 0 Å². The van der Waals surface area contributed by atoms with Crippen LogP contribution >= 0.6 is 24.8 Å². The molecule has 2 aromatic carbocycles. The lowest BCUT2D eigenvalue weighted by Gasteiger charge is -2.08. The van der Waals surface area contributed by atoms with E-state index >= 15 is 0 Å². The van der Waals surface area contributed by atoms with Crippen LogP contribution < -0.4 is 27.4 Å². The maximum atomic E-state index is 12.3. The third-order valence-electron chi connectivity index (χ3n) is 3.47. The molecule has 0 atom stereocenters. The zero-order valence-corrected chi connectivity index (χ0v) is 15.9. The average Bonchev–Trinajstić information content (AvgIpc) is 3.10. The van der Waals surface area contributed by atoms with E-state index in [2.05, 4.69) is 25.9 Å². The molecule has 1 amide bonds. The summed E-state index contributed by atoms with van der Waals surface area (Å²) in [5, 5.41) is 9.10. The molecule has 144 valence electrons. The highest BCUT2D eigenvalue weighted by Gasteiger charge is 2.08. The van der Waals surface area contributed by atoms with E-state index in [1.165, 1.54) is 0 Å². The number of aliphatic imine (C=N–C) groups is 2. The fourth-order valence-electron chi connectivity index (χ4n) is 2.29. The third kappa shape index (κ3) is 6.36. The molecular formula is C17H21Cl2N7O. The zero-order valence-electron chi connectivity index (χ0n) is 14.3. The molecule has 0 saturated carbocycles. The number of rotatable bonds is 4. The Morgan fingerprint density at radius 2 is 1.63 bits per heavy atom. The highest BCUT2D eigenvalue weighted by atomic mass is 35.5. The predicted octanol–water partition coefficient (Wildman–Crippen LogP) is 2.06. The van der Waals surface area contributed by atoms with Gasteiger partial charge in [0.25, 0.3) is 5.91 Å². The number of guanidine groups is 2. The van der Waals surface area contributed by atoms with Crippen LogP contribution in [-0.2, 0) is 0 Å². The Hall–Kier alpha value is -2.97. The first kappa shape index (κ1) is 22.1. The second-order valence-corrected chi connectivity index (χ2v) is 5.40. The van der Waals surface area contributed by atoms with E-state index in [0.29, 0.717) is 16.9 Å². The van der Waals surface area contributed by atoms with Crippen molar-refractivity contribution in [2.75, 3.05) is 23.7 Å². The van der Waals surface area contributed by atoms with Gasteiger partial charge in [-0.15, -0.1) is 24.8 Å². The minimum absolute atomic E-state index is 0. The second kappa shape index (κ2) is 10.2. The lowest BCUT2D eigenvalue weighted by molar-refractivity contribution is 0.102. The first-order valence-corrected chi connectivity index (χ1v) is 7.76. The molecule has 0 aromatic heterocycles. The highest BCUT2D eigenvalue weighted by Crippen LogP contribution is 2.17. The van der Waals surface area contributed by atoms with E-state index in [9.17, 15) is 4.79 Å². The van der Waals surface area contributed by atoms with Crippen molar-refractivity contribution < 1.29 is 4.79 Å². The van der Waals surface area contributed by atoms with Crippen molar-refractivity contribution in [1.82, 2.24) is 5.32 Å². The van der Waals surface area contributed by atoms with Crippen molar-refractivity contribution in [2.24, 2.45) is 21.5 Å². The fourth-order valence-corrected chi connectivity index (χ4v) is 2.29. The van der Waals surface area contributed by atoms with E-state index < -0.39 is 0 Å². The molecular weight excluding hydrogens is 389 g/mol. The monoisotopic (exact) mass is 409 g/mol. The van der Waals surface area contributed by atoms with E-state index in [1.54, 1.807) is 36.4 Å². The van der Waals surface area contributed by atoms with Crippen LogP contribution in [0.1, 0.15) is 10.4 Å². The molecule has 0 spiro atoms. The smallest absolute Gasteiger partial charge is 0.255 e. The molecule has 0 saturated heterocycles. The molecule has 2 aromatic rings. The van der Waals surface area contributed by atoms with Gasteiger partial charge in [0.2, 0.25) is 0 Å². The van der Waals surface area contributed by atoms with Gasteiger partial charge in [0.1, 0.15) is 0 Å². The number of carbonyl (C=O) groups is 1. The number of anilines is 2. The molecule has 1 aliphatic rings. The van der Waals surface area contributed by atoms with Crippen molar-refractivity contribution >= 4 is 59.7 Å². The molecule has 0 aliphatic carbocycles. The lowest BCUT2D eigenvalue weighted by Crippen LogP contribution is -2.26. The first-order chi connectivity index (χ1) is 12.1. The van der Waals surface area contributed by atoms with Gasteiger partial charge in [-0.25, -0.2) is 4.99 Å². The van der Waals surface area contributed by atoms with Gasteiger partial charge in [-0.05, 0) is 48.5 Å². The largest absolute Gasteiger partial charge is 0.370 e. The van der Waals surface area contributed by atoms with Crippen molar-refractivity contribution in [3.8, 4) is 0 Å². The minimum atomic E-state index is -0.197. The average molecular weight is 410 g/mol. The molecule has 0 radical (unpaired) electrons. The summed E-state index contributed by atoms with van der Waals surface area (Å²) >= 11 is 0. The van der Waals surface area contributed by atoms with Crippen LogP contribution in [0.2, 0.25) is 0 Å². The molecule has 3 rings (SSSR count). The number of nitrogens with two attached hydrogens (primary N) is 2. The maximum Gasteiger partial charge on any atom is 0.255 e. The van der Waals surface area contributed by atoms with Gasteiger partial charge in [-0.3, -0.25) is 9.79 Å². The van der Waals surface area contributed by atoms with Gasteiger partial charge in [0.05, 0.1) is 12.2 Å². The number of nitrogens with zero attached hydrogens (tertiary/aromatic N) is 2. The van der Waals surface area contributed by atoms with Crippen LogP contribution in [0.4, 0.5) is 17.1 Å². The maximum absolute atomic E-state index is 12.3. The molecule has 0 fully saturated rings. The quantitative estimate of drug-likeness (QED) is 0.389. The number of nitrogens with one attached hydrogen (secondary N) is 3. The van der Waals surface area contributed by atoms with Crippen LogP contribution in [0.25, 0.3) is 0 Å². The number of halogens is 2. The lowest BCUT2D eigenvalue weighted by atomic mass is 10.2. The fraction of sp³-hybridized carbons (Fsp3) is 0.118. The number of amides is 1. The zero-order chi connectivity index (χ0) is 17.6. The van der Waals surface area contributed by atoms with E-state index in [1.807, 2.05) is 12.1 Å². The van der Waals surface area contributed by atoms with E-state index in [0.717, 1.165) is 24.7 Å². The van der Waals surface area contributed by atoms with Crippen LogP contribution in [0, 0.1) is 0 Å². The molecule has 1 aliphatic heterocycles.